The second kappa shape index (κ2) is 11.2. The fourth-order valence-corrected chi connectivity index (χ4v) is 4.31. The normalized spacial score (nSPS) is 14.3. The summed E-state index contributed by atoms with van der Waals surface area (Å²) >= 11 is 1.52. The van der Waals surface area contributed by atoms with Crippen LogP contribution in [-0.2, 0) is 27.1 Å². The molecule has 1 aliphatic rings. The summed E-state index contributed by atoms with van der Waals surface area (Å²) in [5, 5.41) is 6.50. The lowest BCUT2D eigenvalue weighted by molar-refractivity contribution is -0.126. The highest BCUT2D eigenvalue weighted by Gasteiger charge is 2.27. The summed E-state index contributed by atoms with van der Waals surface area (Å²) in [7, 11) is 1.64. The minimum Gasteiger partial charge on any atom is -0.385 e. The van der Waals surface area contributed by atoms with Crippen molar-refractivity contribution < 1.29 is 19.1 Å². The molecule has 2 rings (SSSR count). The summed E-state index contributed by atoms with van der Waals surface area (Å²) in [4.78, 5) is 26.5. The quantitative estimate of drug-likeness (QED) is 0.446. The number of anilines is 1. The Kier molecular flexibility index (Phi) is 8.97. The van der Waals surface area contributed by atoms with E-state index in [0.29, 0.717) is 36.7 Å². The third-order valence-electron chi connectivity index (χ3n) is 4.50. The number of hydrogen-bond donors (Lipinski definition) is 2. The van der Waals surface area contributed by atoms with Crippen molar-refractivity contribution in [3.63, 3.8) is 0 Å². The summed E-state index contributed by atoms with van der Waals surface area (Å²) in [6.45, 7) is 6.96. The van der Waals surface area contributed by atoms with Gasteiger partial charge in [-0.3, -0.25) is 9.59 Å². The van der Waals surface area contributed by atoms with E-state index in [-0.39, 0.29) is 11.8 Å². The summed E-state index contributed by atoms with van der Waals surface area (Å²) in [6.07, 6.45) is 6.66. The summed E-state index contributed by atoms with van der Waals surface area (Å²) in [5.41, 5.74) is 1.71. The Morgan fingerprint density at radius 1 is 1.30 bits per heavy atom. The van der Waals surface area contributed by atoms with Gasteiger partial charge in [-0.2, -0.15) is 0 Å². The number of ether oxygens (including phenoxy) is 2. The molecule has 0 saturated heterocycles. The molecule has 0 aromatic carbocycles. The molecule has 0 radical (unpaired) electrons. The molecule has 0 spiro atoms. The van der Waals surface area contributed by atoms with Gasteiger partial charge in [-0.15, -0.1) is 17.9 Å². The van der Waals surface area contributed by atoms with Crippen molar-refractivity contribution in [2.75, 3.05) is 32.2 Å². The topological polar surface area (TPSA) is 76.7 Å². The first kappa shape index (κ1) is 21.6. The lowest BCUT2D eigenvalue weighted by Gasteiger charge is -2.14. The van der Waals surface area contributed by atoms with Crippen molar-refractivity contribution in [1.29, 1.82) is 0 Å². The molecule has 1 aromatic rings. The van der Waals surface area contributed by atoms with Crippen LogP contribution >= 0.6 is 11.3 Å². The number of methoxy groups -OCH3 is 1. The lowest BCUT2D eigenvalue weighted by atomic mass is 9.95. The zero-order valence-corrected chi connectivity index (χ0v) is 17.1. The van der Waals surface area contributed by atoms with Crippen LogP contribution in [0.15, 0.2) is 12.7 Å². The van der Waals surface area contributed by atoms with Gasteiger partial charge >= 0.3 is 0 Å². The highest BCUT2D eigenvalue weighted by Crippen LogP contribution is 2.38. The second-order valence-corrected chi connectivity index (χ2v) is 7.70. The van der Waals surface area contributed by atoms with Crippen LogP contribution in [0.5, 0.6) is 0 Å². The third kappa shape index (κ3) is 6.16. The van der Waals surface area contributed by atoms with E-state index in [0.717, 1.165) is 37.7 Å². The van der Waals surface area contributed by atoms with E-state index in [9.17, 15) is 9.59 Å². The molecule has 1 heterocycles. The maximum absolute atomic E-state index is 12.8. The lowest BCUT2D eigenvalue weighted by Crippen LogP contribution is -2.30. The van der Waals surface area contributed by atoms with Gasteiger partial charge in [0.15, 0.2) is 0 Å². The number of carbonyl (C=O) groups excluding carboxylic acids is 2. The summed E-state index contributed by atoms with van der Waals surface area (Å²) in [6, 6.07) is 0. The predicted molar refractivity (Wildman–Crippen MR) is 109 cm³/mol. The molecule has 1 atom stereocenters. The van der Waals surface area contributed by atoms with Crippen LogP contribution in [0, 0.1) is 0 Å². The minimum atomic E-state index is -0.582. The van der Waals surface area contributed by atoms with E-state index < -0.39 is 6.10 Å². The van der Waals surface area contributed by atoms with Crippen molar-refractivity contribution >= 4 is 28.2 Å². The van der Waals surface area contributed by atoms with Gasteiger partial charge in [-0.05, 0) is 51.0 Å². The largest absolute Gasteiger partial charge is 0.385 e. The first-order chi connectivity index (χ1) is 13.1. The predicted octanol–water partition coefficient (Wildman–Crippen LogP) is 3.31. The average molecular weight is 395 g/mol. The number of hydrogen-bond acceptors (Lipinski definition) is 5. The zero-order valence-electron chi connectivity index (χ0n) is 16.3. The van der Waals surface area contributed by atoms with Gasteiger partial charge in [0.25, 0.3) is 11.8 Å². The molecule has 27 heavy (non-hydrogen) atoms. The van der Waals surface area contributed by atoms with Gasteiger partial charge in [0.05, 0.1) is 12.2 Å². The molecule has 6 nitrogen and oxygen atoms in total. The molecule has 1 aliphatic carbocycles. The van der Waals surface area contributed by atoms with Gasteiger partial charge in [0.2, 0.25) is 0 Å². The van der Waals surface area contributed by atoms with E-state index in [1.807, 2.05) is 0 Å². The van der Waals surface area contributed by atoms with E-state index >= 15 is 0 Å². The van der Waals surface area contributed by atoms with E-state index in [4.69, 9.17) is 9.47 Å². The number of amides is 2. The molecule has 2 amide bonds. The van der Waals surface area contributed by atoms with Crippen LogP contribution in [-0.4, -0.2) is 44.8 Å². The summed E-state index contributed by atoms with van der Waals surface area (Å²) in [5.74, 6) is -0.355. The molecule has 150 valence electrons. The number of rotatable bonds is 11. The fraction of sp³-hybridized carbons (Fsp3) is 0.600. The molecular formula is C20H30N2O4S. The molecule has 0 bridgehead atoms. The Bertz CT molecular complexity index is 657. The first-order valence-electron chi connectivity index (χ1n) is 9.53. The Morgan fingerprint density at radius 2 is 2.07 bits per heavy atom. The smallest absolute Gasteiger partial charge is 0.254 e. The Labute approximate surface area is 165 Å². The van der Waals surface area contributed by atoms with Crippen LogP contribution in [0.3, 0.4) is 0 Å². The van der Waals surface area contributed by atoms with Crippen LogP contribution in [0.1, 0.15) is 53.4 Å². The SMILES string of the molecule is C=CCCOC(C)C(=O)Nc1sc2c(c1C(=O)NCCCOC)CCCC2. The van der Waals surface area contributed by atoms with Crippen molar-refractivity contribution in [2.45, 2.75) is 51.6 Å². The van der Waals surface area contributed by atoms with Crippen molar-refractivity contribution in [3.05, 3.63) is 28.7 Å². The average Bonchev–Trinajstić information content (AvgIpc) is 3.03. The summed E-state index contributed by atoms with van der Waals surface area (Å²) < 4.78 is 10.5. The maximum atomic E-state index is 12.8. The van der Waals surface area contributed by atoms with Crippen LogP contribution in [0.2, 0.25) is 0 Å². The fourth-order valence-electron chi connectivity index (χ4n) is 3.02. The van der Waals surface area contributed by atoms with Gasteiger partial charge in [-0.25, -0.2) is 0 Å². The zero-order chi connectivity index (χ0) is 19.6. The molecule has 0 aliphatic heterocycles. The molecule has 0 fully saturated rings. The number of aryl methyl sites for hydroxylation is 1. The highest BCUT2D eigenvalue weighted by molar-refractivity contribution is 7.17. The first-order valence-corrected chi connectivity index (χ1v) is 10.3. The number of nitrogens with one attached hydrogen (secondary N) is 2. The number of carbonyl (C=O) groups is 2. The van der Waals surface area contributed by atoms with Gasteiger partial charge < -0.3 is 20.1 Å². The van der Waals surface area contributed by atoms with Gasteiger partial charge in [0.1, 0.15) is 11.1 Å². The molecule has 1 unspecified atom stereocenters. The van der Waals surface area contributed by atoms with Crippen molar-refractivity contribution in [2.24, 2.45) is 0 Å². The van der Waals surface area contributed by atoms with Crippen molar-refractivity contribution in [3.8, 4) is 0 Å². The van der Waals surface area contributed by atoms with Crippen LogP contribution in [0.4, 0.5) is 5.00 Å². The third-order valence-corrected chi connectivity index (χ3v) is 5.71. The molecule has 1 aromatic heterocycles. The van der Waals surface area contributed by atoms with Crippen LogP contribution in [0.25, 0.3) is 0 Å². The second-order valence-electron chi connectivity index (χ2n) is 6.60. The maximum Gasteiger partial charge on any atom is 0.254 e. The molecule has 0 saturated carbocycles. The van der Waals surface area contributed by atoms with Gasteiger partial charge in [-0.1, -0.05) is 6.08 Å². The van der Waals surface area contributed by atoms with E-state index in [1.165, 1.54) is 16.2 Å². The van der Waals surface area contributed by atoms with E-state index in [2.05, 4.69) is 17.2 Å². The Morgan fingerprint density at radius 3 is 2.81 bits per heavy atom. The van der Waals surface area contributed by atoms with Crippen LogP contribution < -0.4 is 10.6 Å². The number of thiophene rings is 1. The van der Waals surface area contributed by atoms with E-state index in [1.54, 1.807) is 20.1 Å². The van der Waals surface area contributed by atoms with Gasteiger partial charge in [0, 0.05) is 25.1 Å². The number of fused-ring (bicyclic) bond motifs is 1. The highest BCUT2D eigenvalue weighted by atomic mass is 32.1. The minimum absolute atomic E-state index is 0.124. The Balaban J connectivity index is 2.10. The molecular weight excluding hydrogens is 364 g/mol. The monoisotopic (exact) mass is 394 g/mol. The molecule has 7 heteroatoms. The standard InChI is InChI=1S/C20H30N2O4S/c1-4-5-13-26-14(2)18(23)22-20-17(19(24)21-11-8-12-25-3)15-9-6-7-10-16(15)27-20/h4,14H,1,5-13H2,2-3H3,(H,21,24)(H,22,23). The Hall–Kier alpha value is -1.70. The van der Waals surface area contributed by atoms with Crippen molar-refractivity contribution in [1.82, 2.24) is 5.32 Å². The molecule has 2 N–H and O–H groups in total.